The smallest absolute Gasteiger partial charge is 0.410 e. The van der Waals surface area contributed by atoms with E-state index in [1.807, 2.05) is 20.8 Å². The van der Waals surface area contributed by atoms with Crippen molar-refractivity contribution in [1.82, 2.24) is 14.7 Å². The number of ether oxygens (including phenoxy) is 1. The number of likely N-dealkylation sites (tertiary alicyclic amines) is 1. The van der Waals surface area contributed by atoms with Crippen LogP contribution in [-0.2, 0) is 11.8 Å². The molecule has 0 radical (unpaired) electrons. The number of aromatic nitrogens is 2. The zero-order chi connectivity index (χ0) is 23.0. The van der Waals surface area contributed by atoms with Gasteiger partial charge in [0.05, 0.1) is 11.2 Å². The largest absolute Gasteiger partial charge is 0.444 e. The van der Waals surface area contributed by atoms with Gasteiger partial charge in [-0.3, -0.25) is 4.68 Å². The number of hydrogen-bond donors (Lipinski definition) is 1. The van der Waals surface area contributed by atoms with Crippen molar-refractivity contribution in [1.29, 1.82) is 0 Å². The second kappa shape index (κ2) is 8.41. The predicted molar refractivity (Wildman–Crippen MR) is 121 cm³/mol. The highest BCUT2D eigenvalue weighted by molar-refractivity contribution is 5.95. The molecular weight excluding hydrogens is 414 g/mol. The molecule has 0 aliphatic carbocycles. The van der Waals surface area contributed by atoms with Crippen LogP contribution < -0.4 is 5.32 Å². The number of piperidine rings is 1. The maximum Gasteiger partial charge on any atom is 0.410 e. The first-order chi connectivity index (χ1) is 15.1. The van der Waals surface area contributed by atoms with Gasteiger partial charge in [-0.2, -0.15) is 5.10 Å². The summed E-state index contributed by atoms with van der Waals surface area (Å²) >= 11 is 0. The molecule has 170 valence electrons. The van der Waals surface area contributed by atoms with Crippen molar-refractivity contribution >= 4 is 22.7 Å². The Labute approximate surface area is 186 Å². The number of benzene rings is 2. The Morgan fingerprint density at radius 2 is 1.88 bits per heavy atom. The molecule has 1 amide bonds. The van der Waals surface area contributed by atoms with Gasteiger partial charge in [0.2, 0.25) is 0 Å². The third kappa shape index (κ3) is 4.69. The zero-order valence-corrected chi connectivity index (χ0v) is 18.8. The molecule has 32 heavy (non-hydrogen) atoms. The Hall–Kier alpha value is -3.16. The average molecular weight is 443 g/mol. The van der Waals surface area contributed by atoms with E-state index in [1.165, 1.54) is 18.2 Å². The van der Waals surface area contributed by atoms with Crippen LogP contribution in [0.15, 0.2) is 36.4 Å². The summed E-state index contributed by atoms with van der Waals surface area (Å²) in [6.07, 6.45) is 1.07. The standard InChI is InChI=1S/C24H28F2N4O2/c1-24(2,3)32-23(31)30-10-8-17(9-11-30)27-20-14-21-18(13-19(20)26)22(28-29(21)4)15-6-5-7-16(25)12-15/h5-7,12-14,17,27H,8-11H2,1-4H3. The summed E-state index contributed by atoms with van der Waals surface area (Å²) in [5, 5.41) is 8.39. The van der Waals surface area contributed by atoms with Crippen LogP contribution >= 0.6 is 0 Å². The number of carbonyl (C=O) groups excluding carboxylic acids is 1. The monoisotopic (exact) mass is 442 g/mol. The van der Waals surface area contributed by atoms with Crippen molar-refractivity contribution in [3.8, 4) is 11.3 Å². The summed E-state index contributed by atoms with van der Waals surface area (Å²) < 4.78 is 35.8. The van der Waals surface area contributed by atoms with Gasteiger partial charge in [-0.1, -0.05) is 12.1 Å². The van der Waals surface area contributed by atoms with Gasteiger partial charge in [-0.15, -0.1) is 0 Å². The van der Waals surface area contributed by atoms with E-state index in [2.05, 4.69) is 10.4 Å². The molecule has 1 aromatic heterocycles. The van der Waals surface area contributed by atoms with E-state index in [0.717, 1.165) is 5.52 Å². The fourth-order valence-electron chi connectivity index (χ4n) is 3.99. The quantitative estimate of drug-likeness (QED) is 0.596. The van der Waals surface area contributed by atoms with Crippen molar-refractivity contribution in [2.45, 2.75) is 45.3 Å². The Bertz CT molecular complexity index is 1140. The van der Waals surface area contributed by atoms with E-state index < -0.39 is 11.4 Å². The molecular formula is C24H28F2N4O2. The average Bonchev–Trinajstić information content (AvgIpc) is 3.03. The lowest BCUT2D eigenvalue weighted by molar-refractivity contribution is 0.0210. The van der Waals surface area contributed by atoms with Gasteiger partial charge in [-0.25, -0.2) is 13.6 Å². The summed E-state index contributed by atoms with van der Waals surface area (Å²) in [5.41, 5.74) is 1.75. The van der Waals surface area contributed by atoms with Crippen LogP contribution in [0.25, 0.3) is 22.2 Å². The van der Waals surface area contributed by atoms with Crippen LogP contribution in [0.5, 0.6) is 0 Å². The summed E-state index contributed by atoms with van der Waals surface area (Å²) in [6, 6.07) is 9.35. The maximum atomic E-state index is 15.0. The molecule has 2 aromatic carbocycles. The van der Waals surface area contributed by atoms with Gasteiger partial charge < -0.3 is 15.0 Å². The Balaban J connectivity index is 1.50. The molecule has 0 unspecified atom stereocenters. The number of nitrogens with zero attached hydrogens (tertiary/aromatic N) is 3. The van der Waals surface area contributed by atoms with E-state index in [0.29, 0.717) is 48.3 Å². The van der Waals surface area contributed by atoms with Crippen molar-refractivity contribution in [2.75, 3.05) is 18.4 Å². The Morgan fingerprint density at radius 1 is 1.16 bits per heavy atom. The maximum absolute atomic E-state index is 15.0. The van der Waals surface area contributed by atoms with Crippen LogP contribution in [-0.4, -0.2) is 45.5 Å². The number of rotatable bonds is 3. The first kappa shape index (κ1) is 22.0. The first-order valence-corrected chi connectivity index (χ1v) is 10.8. The third-order valence-corrected chi connectivity index (χ3v) is 5.54. The number of anilines is 1. The lowest BCUT2D eigenvalue weighted by atomic mass is 10.0. The molecule has 8 heteroatoms. The SMILES string of the molecule is Cn1nc(-c2cccc(F)c2)c2cc(F)c(NC3CCN(C(=O)OC(C)(C)C)CC3)cc21. The highest BCUT2D eigenvalue weighted by Gasteiger charge is 2.27. The van der Waals surface area contributed by atoms with E-state index in [9.17, 15) is 13.6 Å². The lowest BCUT2D eigenvalue weighted by Gasteiger charge is -2.34. The van der Waals surface area contributed by atoms with Crippen molar-refractivity contribution < 1.29 is 18.3 Å². The molecule has 1 fully saturated rings. The van der Waals surface area contributed by atoms with Gasteiger partial charge >= 0.3 is 6.09 Å². The van der Waals surface area contributed by atoms with E-state index in [1.54, 1.807) is 34.8 Å². The molecule has 3 aromatic rings. The highest BCUT2D eigenvalue weighted by atomic mass is 19.1. The van der Waals surface area contributed by atoms with Gasteiger partial charge in [0.1, 0.15) is 22.9 Å². The molecule has 1 N–H and O–H groups in total. The first-order valence-electron chi connectivity index (χ1n) is 10.8. The van der Waals surface area contributed by atoms with E-state index in [-0.39, 0.29) is 18.0 Å². The molecule has 0 spiro atoms. The van der Waals surface area contributed by atoms with E-state index in [4.69, 9.17) is 4.74 Å². The van der Waals surface area contributed by atoms with Gasteiger partial charge in [0.15, 0.2) is 0 Å². The van der Waals surface area contributed by atoms with Gasteiger partial charge in [-0.05, 0) is 57.9 Å². The number of hydrogen-bond acceptors (Lipinski definition) is 4. The molecule has 1 aliphatic rings. The second-order valence-electron chi connectivity index (χ2n) is 9.22. The molecule has 0 atom stereocenters. The molecule has 0 saturated carbocycles. The number of aryl methyl sites for hydroxylation is 1. The van der Waals surface area contributed by atoms with Crippen LogP contribution in [0, 0.1) is 11.6 Å². The minimum absolute atomic E-state index is 0.0385. The molecule has 1 aliphatic heterocycles. The van der Waals surface area contributed by atoms with Crippen LogP contribution in [0.2, 0.25) is 0 Å². The predicted octanol–water partition coefficient (Wildman–Crippen LogP) is 5.33. The van der Waals surface area contributed by atoms with Crippen LogP contribution in [0.1, 0.15) is 33.6 Å². The molecule has 6 nitrogen and oxygen atoms in total. The minimum Gasteiger partial charge on any atom is -0.444 e. The second-order valence-corrected chi connectivity index (χ2v) is 9.22. The van der Waals surface area contributed by atoms with Crippen molar-refractivity contribution in [2.24, 2.45) is 7.05 Å². The summed E-state index contributed by atoms with van der Waals surface area (Å²) in [6.45, 7) is 6.63. The lowest BCUT2D eigenvalue weighted by Crippen LogP contribution is -2.44. The van der Waals surface area contributed by atoms with Crippen molar-refractivity contribution in [3.05, 3.63) is 48.0 Å². The van der Waals surface area contributed by atoms with Crippen LogP contribution in [0.4, 0.5) is 19.3 Å². The van der Waals surface area contributed by atoms with Crippen molar-refractivity contribution in [3.63, 3.8) is 0 Å². The zero-order valence-electron chi connectivity index (χ0n) is 18.8. The number of halogens is 2. The topological polar surface area (TPSA) is 59.4 Å². The normalized spacial score (nSPS) is 15.2. The third-order valence-electron chi connectivity index (χ3n) is 5.54. The Morgan fingerprint density at radius 3 is 2.53 bits per heavy atom. The molecule has 0 bridgehead atoms. The molecule has 1 saturated heterocycles. The number of amides is 1. The summed E-state index contributed by atoms with van der Waals surface area (Å²) in [5.74, 6) is -0.754. The fourth-order valence-corrected chi connectivity index (χ4v) is 3.99. The Kier molecular flexibility index (Phi) is 5.79. The summed E-state index contributed by atoms with van der Waals surface area (Å²) in [7, 11) is 1.78. The van der Waals surface area contributed by atoms with E-state index >= 15 is 0 Å². The minimum atomic E-state index is -0.530. The molecule has 2 heterocycles. The number of fused-ring (bicyclic) bond motifs is 1. The van der Waals surface area contributed by atoms with Gasteiger partial charge in [0.25, 0.3) is 0 Å². The fraction of sp³-hybridized carbons (Fsp3) is 0.417. The highest BCUT2D eigenvalue weighted by Crippen LogP contribution is 2.32. The van der Waals surface area contributed by atoms with Gasteiger partial charge in [0, 0.05) is 37.1 Å². The molecule has 4 rings (SSSR count). The number of nitrogens with one attached hydrogen (secondary N) is 1. The van der Waals surface area contributed by atoms with Crippen LogP contribution in [0.3, 0.4) is 0 Å². The number of carbonyl (C=O) groups is 1. The summed E-state index contributed by atoms with van der Waals surface area (Å²) in [4.78, 5) is 13.9.